The molecule has 11 heteroatoms. The Morgan fingerprint density at radius 1 is 0.975 bits per heavy atom. The molecule has 0 aromatic heterocycles. The fourth-order valence-electron chi connectivity index (χ4n) is 4.52. The van der Waals surface area contributed by atoms with E-state index in [-0.39, 0.29) is 51.5 Å². The van der Waals surface area contributed by atoms with Crippen LogP contribution < -0.4 is 14.4 Å². The van der Waals surface area contributed by atoms with Crippen LogP contribution in [0.4, 0.5) is 5.69 Å². The van der Waals surface area contributed by atoms with Crippen molar-refractivity contribution in [2.75, 3.05) is 25.7 Å². The molecule has 1 aliphatic heterocycles. The molecule has 0 spiro atoms. The third-order valence-corrected chi connectivity index (χ3v) is 6.94. The van der Waals surface area contributed by atoms with Crippen molar-refractivity contribution in [1.82, 2.24) is 0 Å². The molecule has 1 atom stereocenters. The first-order valence-electron chi connectivity index (χ1n) is 12.1. The summed E-state index contributed by atoms with van der Waals surface area (Å²) >= 11 is 12.7. The maximum Gasteiger partial charge on any atom is 0.310 e. The highest BCUT2D eigenvalue weighted by Gasteiger charge is 2.47. The predicted octanol–water partition coefficient (Wildman–Crippen LogP) is 5.45. The third-order valence-electron chi connectivity index (χ3n) is 6.32. The first-order valence-corrected chi connectivity index (χ1v) is 12.8. The molecule has 1 saturated heterocycles. The Labute approximate surface area is 240 Å². The molecule has 4 rings (SSSR count). The van der Waals surface area contributed by atoms with Gasteiger partial charge in [0.2, 0.25) is 0 Å². The number of methoxy groups -OCH3 is 2. The number of hydrogen-bond donors (Lipinski definition) is 2. The highest BCUT2D eigenvalue weighted by Crippen LogP contribution is 2.48. The lowest BCUT2D eigenvalue weighted by atomic mass is 9.94. The monoisotopic (exact) mass is 585 g/mol. The second-order valence-electron chi connectivity index (χ2n) is 8.70. The van der Waals surface area contributed by atoms with Crippen molar-refractivity contribution in [1.29, 1.82) is 0 Å². The van der Waals surface area contributed by atoms with E-state index in [2.05, 4.69) is 0 Å². The van der Waals surface area contributed by atoms with E-state index in [1.807, 2.05) is 0 Å². The molecule has 1 amide bonds. The minimum atomic E-state index is -1.10. The number of phenols is 1. The van der Waals surface area contributed by atoms with Gasteiger partial charge in [0.25, 0.3) is 11.7 Å². The van der Waals surface area contributed by atoms with Gasteiger partial charge in [-0.05, 0) is 48.4 Å². The number of carbonyl (C=O) groups excluding carboxylic acids is 3. The number of aliphatic hydroxyl groups is 1. The third kappa shape index (κ3) is 5.30. The summed E-state index contributed by atoms with van der Waals surface area (Å²) in [4.78, 5) is 40.0. The molecule has 0 aliphatic carbocycles. The topological polar surface area (TPSA) is 123 Å². The molecule has 9 nitrogen and oxygen atoms in total. The molecule has 1 aliphatic rings. The lowest BCUT2D eigenvalue weighted by Crippen LogP contribution is -2.29. The van der Waals surface area contributed by atoms with Crippen LogP contribution in [-0.4, -0.2) is 48.7 Å². The zero-order chi connectivity index (χ0) is 29.1. The van der Waals surface area contributed by atoms with Crippen molar-refractivity contribution in [2.45, 2.75) is 19.4 Å². The van der Waals surface area contributed by atoms with Gasteiger partial charge in [-0.2, -0.15) is 0 Å². The van der Waals surface area contributed by atoms with E-state index in [0.717, 1.165) is 0 Å². The van der Waals surface area contributed by atoms with Crippen LogP contribution in [0.5, 0.6) is 17.2 Å². The number of amides is 1. The van der Waals surface area contributed by atoms with Crippen molar-refractivity contribution in [2.24, 2.45) is 0 Å². The number of Topliss-reactive ketones (excluding diaryl/α,β-unsaturated/α-hetero) is 1. The van der Waals surface area contributed by atoms with Gasteiger partial charge in [0.1, 0.15) is 16.5 Å². The highest BCUT2D eigenvalue weighted by atomic mass is 35.5. The van der Waals surface area contributed by atoms with E-state index < -0.39 is 29.5 Å². The first-order chi connectivity index (χ1) is 19.1. The molecule has 208 valence electrons. The van der Waals surface area contributed by atoms with Gasteiger partial charge in [0.15, 0.2) is 11.5 Å². The van der Waals surface area contributed by atoms with Gasteiger partial charge in [-0.3, -0.25) is 19.3 Å². The Bertz CT molecular complexity index is 1500. The van der Waals surface area contributed by atoms with Gasteiger partial charge in [0.05, 0.1) is 49.4 Å². The largest absolute Gasteiger partial charge is 0.508 e. The Kier molecular flexibility index (Phi) is 8.56. The van der Waals surface area contributed by atoms with Crippen LogP contribution in [0.3, 0.4) is 0 Å². The van der Waals surface area contributed by atoms with Gasteiger partial charge in [-0.25, -0.2) is 0 Å². The van der Waals surface area contributed by atoms with Crippen LogP contribution in [0.25, 0.3) is 5.76 Å². The summed E-state index contributed by atoms with van der Waals surface area (Å²) in [7, 11) is 2.68. The number of ketones is 1. The Hall–Kier alpha value is -4.21. The molecular formula is C29H25Cl2NO8. The Balaban J connectivity index is 1.89. The lowest BCUT2D eigenvalue weighted by molar-refractivity contribution is -0.142. The van der Waals surface area contributed by atoms with Gasteiger partial charge < -0.3 is 24.4 Å². The van der Waals surface area contributed by atoms with Crippen molar-refractivity contribution in [3.8, 4) is 17.2 Å². The number of hydrogen-bond acceptors (Lipinski definition) is 8. The Morgan fingerprint density at radius 3 is 2.17 bits per heavy atom. The minimum absolute atomic E-state index is 0.0145. The number of benzene rings is 3. The van der Waals surface area contributed by atoms with Crippen LogP contribution in [0.15, 0.2) is 60.2 Å². The van der Waals surface area contributed by atoms with Crippen LogP contribution in [0.1, 0.15) is 29.7 Å². The number of anilines is 1. The summed E-state index contributed by atoms with van der Waals surface area (Å²) in [5.41, 5.74) is 1.14. The zero-order valence-corrected chi connectivity index (χ0v) is 23.2. The van der Waals surface area contributed by atoms with Crippen LogP contribution in [0, 0.1) is 0 Å². The maximum absolute atomic E-state index is 13.5. The standard InChI is InChI=1S/C29H25Cl2NO8/c1-4-40-21(34)13-15-5-9-17(10-6-15)32-24(16-7-11-18(33)12-8-16)22(26(36)29(32)37)25(35)19-14-20(30)28(39-3)23(31)27(19)38-2/h5-12,14,24,33,35H,4,13H2,1-3H3/b25-22+. The predicted molar refractivity (Wildman–Crippen MR) is 149 cm³/mol. The molecule has 0 saturated carbocycles. The molecule has 2 N–H and O–H groups in total. The maximum atomic E-state index is 13.5. The quantitative estimate of drug-likeness (QED) is 0.155. The number of carbonyl (C=O) groups is 3. The van der Waals surface area contributed by atoms with E-state index in [1.54, 1.807) is 31.2 Å². The highest BCUT2D eigenvalue weighted by molar-refractivity contribution is 6.52. The molecule has 3 aromatic carbocycles. The second kappa shape index (κ2) is 11.9. The average molecular weight is 586 g/mol. The first kappa shape index (κ1) is 28.8. The molecule has 40 heavy (non-hydrogen) atoms. The van der Waals surface area contributed by atoms with Gasteiger partial charge in [0, 0.05) is 5.69 Å². The van der Waals surface area contributed by atoms with Crippen LogP contribution in [-0.2, 0) is 25.5 Å². The van der Waals surface area contributed by atoms with E-state index in [0.29, 0.717) is 16.8 Å². The summed E-state index contributed by atoms with van der Waals surface area (Å²) in [5.74, 6) is -2.76. The van der Waals surface area contributed by atoms with Crippen LogP contribution >= 0.6 is 23.2 Å². The normalized spacial score (nSPS) is 16.2. The lowest BCUT2D eigenvalue weighted by Gasteiger charge is -2.26. The van der Waals surface area contributed by atoms with Gasteiger partial charge in [-0.15, -0.1) is 0 Å². The molecule has 1 unspecified atom stereocenters. The summed E-state index contributed by atoms with van der Waals surface area (Å²) in [6.45, 7) is 1.97. The average Bonchev–Trinajstić information content (AvgIpc) is 3.19. The number of ether oxygens (including phenoxy) is 3. The minimum Gasteiger partial charge on any atom is -0.508 e. The van der Waals surface area contributed by atoms with Crippen molar-refractivity contribution in [3.63, 3.8) is 0 Å². The number of nitrogens with zero attached hydrogens (tertiary/aromatic N) is 1. The van der Waals surface area contributed by atoms with Gasteiger partial charge in [-0.1, -0.05) is 47.5 Å². The SMILES string of the molecule is CCOC(=O)Cc1ccc(N2C(=O)C(=O)/C(=C(/O)c3cc(Cl)c(OC)c(Cl)c3OC)C2c2ccc(O)cc2)cc1. The molecule has 1 fully saturated rings. The van der Waals surface area contributed by atoms with E-state index in [1.165, 1.54) is 49.5 Å². The summed E-state index contributed by atoms with van der Waals surface area (Å²) < 4.78 is 15.6. The summed E-state index contributed by atoms with van der Waals surface area (Å²) in [6.07, 6.45) is 0.0348. The van der Waals surface area contributed by atoms with Crippen molar-refractivity contribution >= 4 is 52.3 Å². The number of rotatable bonds is 8. The van der Waals surface area contributed by atoms with Crippen molar-refractivity contribution < 1.29 is 38.8 Å². The van der Waals surface area contributed by atoms with Crippen molar-refractivity contribution in [3.05, 3.63) is 86.9 Å². The van der Waals surface area contributed by atoms with E-state index >= 15 is 0 Å². The summed E-state index contributed by atoms with van der Waals surface area (Å²) in [6, 6.07) is 12.6. The van der Waals surface area contributed by atoms with E-state index in [4.69, 9.17) is 37.4 Å². The summed E-state index contributed by atoms with van der Waals surface area (Å²) in [5, 5.41) is 21.4. The second-order valence-corrected chi connectivity index (χ2v) is 9.48. The molecule has 1 heterocycles. The number of halogens is 2. The smallest absolute Gasteiger partial charge is 0.310 e. The van der Waals surface area contributed by atoms with Crippen LogP contribution in [0.2, 0.25) is 10.0 Å². The van der Waals surface area contributed by atoms with E-state index in [9.17, 15) is 24.6 Å². The number of phenolic OH excluding ortho intramolecular Hbond substituents is 1. The Morgan fingerprint density at radius 2 is 1.60 bits per heavy atom. The molecular weight excluding hydrogens is 561 g/mol. The number of esters is 1. The fraction of sp³-hybridized carbons (Fsp3) is 0.207. The molecule has 0 radical (unpaired) electrons. The zero-order valence-electron chi connectivity index (χ0n) is 21.7. The van der Waals surface area contributed by atoms with Gasteiger partial charge >= 0.3 is 5.97 Å². The molecule has 3 aromatic rings. The number of aliphatic hydroxyl groups excluding tert-OH is 1. The number of aromatic hydroxyl groups is 1. The molecule has 0 bridgehead atoms. The fourth-order valence-corrected chi connectivity index (χ4v) is 5.20.